The summed E-state index contributed by atoms with van der Waals surface area (Å²) in [5.41, 5.74) is 0.672. The van der Waals surface area contributed by atoms with E-state index in [-0.39, 0.29) is 12.1 Å². The highest BCUT2D eigenvalue weighted by molar-refractivity contribution is 6.29. The summed E-state index contributed by atoms with van der Waals surface area (Å²) in [6.07, 6.45) is 1.57. The fourth-order valence-electron chi connectivity index (χ4n) is 2.53. The summed E-state index contributed by atoms with van der Waals surface area (Å²) in [4.78, 5) is 20.4. The molecular formula is C16H24ClN3O2. The normalized spacial score (nSPS) is 20.0. The highest BCUT2D eigenvalue weighted by atomic mass is 35.5. The zero-order valence-electron chi connectivity index (χ0n) is 13.7. The molecule has 0 unspecified atom stereocenters. The Morgan fingerprint density at radius 3 is 2.68 bits per heavy atom. The molecule has 1 fully saturated rings. The summed E-state index contributed by atoms with van der Waals surface area (Å²) in [6, 6.07) is 3.92. The van der Waals surface area contributed by atoms with Crippen molar-refractivity contribution in [2.75, 3.05) is 19.6 Å². The van der Waals surface area contributed by atoms with E-state index < -0.39 is 5.60 Å². The molecule has 1 aromatic heterocycles. The minimum atomic E-state index is -0.455. The Bertz CT molecular complexity index is 513. The number of nitrogens with zero attached hydrogens (tertiary/aromatic N) is 3. The van der Waals surface area contributed by atoms with Crippen molar-refractivity contribution < 1.29 is 9.53 Å². The first-order valence-electron chi connectivity index (χ1n) is 7.57. The average molecular weight is 326 g/mol. The summed E-state index contributed by atoms with van der Waals surface area (Å²) in [7, 11) is 0. The summed E-state index contributed by atoms with van der Waals surface area (Å²) >= 11 is 5.80. The second kappa shape index (κ2) is 6.84. The summed E-state index contributed by atoms with van der Waals surface area (Å²) in [5.74, 6) is 0. The SMILES string of the molecule is C[C@H]1CN(Cc2ccc(Cl)nc2)CCN1C(=O)OC(C)(C)C. The zero-order valence-corrected chi connectivity index (χ0v) is 14.4. The number of amides is 1. The minimum Gasteiger partial charge on any atom is -0.444 e. The van der Waals surface area contributed by atoms with Crippen molar-refractivity contribution in [2.45, 2.75) is 45.9 Å². The molecule has 22 heavy (non-hydrogen) atoms. The van der Waals surface area contributed by atoms with Crippen LogP contribution in [0.25, 0.3) is 0 Å². The highest BCUT2D eigenvalue weighted by Crippen LogP contribution is 2.17. The zero-order chi connectivity index (χ0) is 16.3. The van der Waals surface area contributed by atoms with Gasteiger partial charge in [0.2, 0.25) is 0 Å². The minimum absolute atomic E-state index is 0.129. The van der Waals surface area contributed by atoms with Crippen LogP contribution in [-0.4, -0.2) is 52.2 Å². The Labute approximate surface area is 137 Å². The molecule has 2 heterocycles. The van der Waals surface area contributed by atoms with Gasteiger partial charge in [-0.15, -0.1) is 0 Å². The van der Waals surface area contributed by atoms with Gasteiger partial charge in [-0.3, -0.25) is 4.90 Å². The highest BCUT2D eigenvalue weighted by Gasteiger charge is 2.30. The smallest absolute Gasteiger partial charge is 0.410 e. The first-order chi connectivity index (χ1) is 10.2. The molecule has 1 saturated heterocycles. The predicted molar refractivity (Wildman–Crippen MR) is 86.9 cm³/mol. The van der Waals surface area contributed by atoms with Gasteiger partial charge in [-0.05, 0) is 39.3 Å². The number of ether oxygens (including phenoxy) is 1. The lowest BCUT2D eigenvalue weighted by atomic mass is 10.1. The fourth-order valence-corrected chi connectivity index (χ4v) is 2.64. The summed E-state index contributed by atoms with van der Waals surface area (Å²) in [6.45, 7) is 10.9. The van der Waals surface area contributed by atoms with Crippen LogP contribution in [0, 0.1) is 0 Å². The van der Waals surface area contributed by atoms with Crippen LogP contribution in [-0.2, 0) is 11.3 Å². The molecular weight excluding hydrogens is 302 g/mol. The molecule has 0 bridgehead atoms. The van der Waals surface area contributed by atoms with Gasteiger partial charge in [-0.25, -0.2) is 9.78 Å². The molecule has 0 aliphatic carbocycles. The molecule has 2 rings (SSSR count). The molecule has 0 spiro atoms. The van der Waals surface area contributed by atoms with Gasteiger partial charge in [0.1, 0.15) is 10.8 Å². The van der Waals surface area contributed by atoms with E-state index in [0.29, 0.717) is 11.7 Å². The molecule has 1 aromatic rings. The van der Waals surface area contributed by atoms with Gasteiger partial charge in [0.15, 0.2) is 0 Å². The fraction of sp³-hybridized carbons (Fsp3) is 0.625. The molecule has 1 amide bonds. The van der Waals surface area contributed by atoms with Gasteiger partial charge in [-0.2, -0.15) is 0 Å². The lowest BCUT2D eigenvalue weighted by molar-refractivity contribution is 0.000551. The molecule has 6 heteroatoms. The molecule has 0 radical (unpaired) electrons. The second-order valence-corrected chi connectivity index (χ2v) is 7.13. The summed E-state index contributed by atoms with van der Waals surface area (Å²) in [5, 5.41) is 0.506. The van der Waals surface area contributed by atoms with Crippen LogP contribution in [0.4, 0.5) is 4.79 Å². The van der Waals surface area contributed by atoms with Gasteiger partial charge < -0.3 is 9.64 Å². The van der Waals surface area contributed by atoms with Gasteiger partial charge in [-0.1, -0.05) is 17.7 Å². The van der Waals surface area contributed by atoms with Crippen LogP contribution >= 0.6 is 11.6 Å². The molecule has 122 valence electrons. The standard InChI is InChI=1S/C16H24ClN3O2/c1-12-10-19(11-13-5-6-14(17)18-9-13)7-8-20(12)15(21)22-16(2,3)4/h5-6,9,12H,7-8,10-11H2,1-4H3/t12-/m0/s1. The third-order valence-corrected chi connectivity index (χ3v) is 3.76. The van der Waals surface area contributed by atoms with E-state index in [0.717, 1.165) is 25.2 Å². The largest absolute Gasteiger partial charge is 0.444 e. The Hall–Kier alpha value is -1.33. The number of carbonyl (C=O) groups excluding carboxylic acids is 1. The number of hydrogen-bond acceptors (Lipinski definition) is 4. The quantitative estimate of drug-likeness (QED) is 0.783. The van der Waals surface area contributed by atoms with Crippen LogP contribution < -0.4 is 0 Å². The molecule has 1 aliphatic rings. The molecule has 1 aliphatic heterocycles. The van der Waals surface area contributed by atoms with Crippen molar-refractivity contribution in [3.8, 4) is 0 Å². The van der Waals surface area contributed by atoms with E-state index >= 15 is 0 Å². The Morgan fingerprint density at radius 2 is 2.14 bits per heavy atom. The van der Waals surface area contributed by atoms with Crippen LogP contribution in [0.2, 0.25) is 5.15 Å². The number of rotatable bonds is 2. The predicted octanol–water partition coefficient (Wildman–Crippen LogP) is 3.18. The molecule has 0 N–H and O–H groups in total. The van der Waals surface area contributed by atoms with Gasteiger partial charge in [0, 0.05) is 38.4 Å². The van der Waals surface area contributed by atoms with Crippen molar-refractivity contribution >= 4 is 17.7 Å². The number of hydrogen-bond donors (Lipinski definition) is 0. The monoisotopic (exact) mass is 325 g/mol. The van der Waals surface area contributed by atoms with E-state index in [4.69, 9.17) is 16.3 Å². The van der Waals surface area contributed by atoms with E-state index in [2.05, 4.69) is 16.8 Å². The number of pyridine rings is 1. The lowest BCUT2D eigenvalue weighted by Gasteiger charge is -2.40. The van der Waals surface area contributed by atoms with Gasteiger partial charge in [0.05, 0.1) is 0 Å². The molecule has 0 saturated carbocycles. The first-order valence-corrected chi connectivity index (χ1v) is 7.95. The van der Waals surface area contributed by atoms with E-state index in [1.54, 1.807) is 12.3 Å². The second-order valence-electron chi connectivity index (χ2n) is 6.75. The number of aromatic nitrogens is 1. The van der Waals surface area contributed by atoms with Gasteiger partial charge in [0.25, 0.3) is 0 Å². The maximum atomic E-state index is 12.2. The van der Waals surface area contributed by atoms with Gasteiger partial charge >= 0.3 is 6.09 Å². The molecule has 5 nitrogen and oxygen atoms in total. The van der Waals surface area contributed by atoms with Crippen LogP contribution in [0.5, 0.6) is 0 Å². The third-order valence-electron chi connectivity index (χ3n) is 3.53. The first kappa shape index (κ1) is 17.0. The Kier molecular flexibility index (Phi) is 5.29. The van der Waals surface area contributed by atoms with E-state index in [1.807, 2.05) is 31.7 Å². The van der Waals surface area contributed by atoms with E-state index in [9.17, 15) is 4.79 Å². The maximum Gasteiger partial charge on any atom is 0.410 e. The maximum absolute atomic E-state index is 12.2. The summed E-state index contributed by atoms with van der Waals surface area (Å²) < 4.78 is 5.46. The van der Waals surface area contributed by atoms with Crippen molar-refractivity contribution in [1.29, 1.82) is 0 Å². The van der Waals surface area contributed by atoms with Crippen molar-refractivity contribution in [3.63, 3.8) is 0 Å². The van der Waals surface area contributed by atoms with E-state index in [1.165, 1.54) is 0 Å². The Morgan fingerprint density at radius 1 is 1.41 bits per heavy atom. The topological polar surface area (TPSA) is 45.7 Å². The molecule has 1 atom stereocenters. The number of carbonyl (C=O) groups is 1. The number of piperazine rings is 1. The lowest BCUT2D eigenvalue weighted by Crippen LogP contribution is -2.54. The van der Waals surface area contributed by atoms with Crippen LogP contribution in [0.3, 0.4) is 0 Å². The van der Waals surface area contributed by atoms with Crippen LogP contribution in [0.15, 0.2) is 18.3 Å². The van der Waals surface area contributed by atoms with Crippen LogP contribution in [0.1, 0.15) is 33.3 Å². The van der Waals surface area contributed by atoms with Crippen molar-refractivity contribution in [3.05, 3.63) is 29.0 Å². The average Bonchev–Trinajstić information content (AvgIpc) is 2.39. The Balaban J connectivity index is 1.89. The van der Waals surface area contributed by atoms with Crippen molar-refractivity contribution in [1.82, 2.24) is 14.8 Å². The molecule has 0 aromatic carbocycles. The van der Waals surface area contributed by atoms with Crippen molar-refractivity contribution in [2.24, 2.45) is 0 Å². The number of halogens is 1. The third kappa shape index (κ3) is 4.85.